The molecule has 18 heavy (non-hydrogen) atoms. The lowest BCUT2D eigenvalue weighted by Crippen LogP contribution is -2.34. The number of hydrogen-bond donors (Lipinski definition) is 0. The molecule has 0 aliphatic carbocycles. The summed E-state index contributed by atoms with van der Waals surface area (Å²) in [6, 6.07) is 0.488. The first-order valence-corrected chi connectivity index (χ1v) is 8.13. The van der Waals surface area contributed by atoms with E-state index in [0.717, 1.165) is 36.4 Å². The van der Waals surface area contributed by atoms with Crippen molar-refractivity contribution < 1.29 is 0 Å². The Balaban J connectivity index is 3.03. The van der Waals surface area contributed by atoms with Crippen LogP contribution in [0.3, 0.4) is 0 Å². The fourth-order valence-corrected chi connectivity index (χ4v) is 3.09. The van der Waals surface area contributed by atoms with Crippen molar-refractivity contribution in [2.75, 3.05) is 24.0 Å². The van der Waals surface area contributed by atoms with E-state index in [1.165, 1.54) is 0 Å². The maximum atomic E-state index is 6.19. The summed E-state index contributed by atoms with van der Waals surface area (Å²) in [4.78, 5) is 10.8. The largest absolute Gasteiger partial charge is 0.356 e. The monoisotopic (exact) mass is 287 g/mol. The van der Waals surface area contributed by atoms with Crippen LogP contribution in [-0.2, 0) is 6.42 Å². The first-order chi connectivity index (χ1) is 8.65. The number of hydrogen-bond acceptors (Lipinski definition) is 4. The van der Waals surface area contributed by atoms with E-state index in [2.05, 4.69) is 42.0 Å². The highest BCUT2D eigenvalue weighted by molar-refractivity contribution is 7.98. The molecule has 0 bridgehead atoms. The molecule has 1 rings (SSSR count). The SMILES string of the molecule is CCCc1c(Cl)ncnc1N(C)C(CC)CSC. The van der Waals surface area contributed by atoms with E-state index in [4.69, 9.17) is 11.6 Å². The molecule has 0 spiro atoms. The molecule has 1 aromatic heterocycles. The van der Waals surface area contributed by atoms with Crippen LogP contribution in [0.2, 0.25) is 5.15 Å². The van der Waals surface area contributed by atoms with Gasteiger partial charge in [0, 0.05) is 24.4 Å². The molecule has 0 saturated carbocycles. The van der Waals surface area contributed by atoms with Gasteiger partial charge >= 0.3 is 0 Å². The summed E-state index contributed by atoms with van der Waals surface area (Å²) >= 11 is 8.06. The average molecular weight is 288 g/mol. The number of rotatable bonds is 7. The molecule has 0 amide bonds. The number of anilines is 1. The Morgan fingerprint density at radius 1 is 1.39 bits per heavy atom. The van der Waals surface area contributed by atoms with E-state index in [1.54, 1.807) is 6.33 Å². The van der Waals surface area contributed by atoms with Gasteiger partial charge in [-0.3, -0.25) is 0 Å². The predicted molar refractivity (Wildman–Crippen MR) is 81.9 cm³/mol. The molecular formula is C13H22ClN3S. The van der Waals surface area contributed by atoms with Crippen LogP contribution in [0.15, 0.2) is 6.33 Å². The fourth-order valence-electron chi connectivity index (χ4n) is 2.02. The smallest absolute Gasteiger partial charge is 0.137 e. The minimum Gasteiger partial charge on any atom is -0.356 e. The van der Waals surface area contributed by atoms with Gasteiger partial charge in [0.1, 0.15) is 17.3 Å². The lowest BCUT2D eigenvalue weighted by molar-refractivity contribution is 0.660. The standard InChI is InChI=1S/C13H22ClN3S/c1-5-7-11-12(14)15-9-16-13(11)17(3)10(6-2)8-18-4/h9-10H,5-8H2,1-4H3. The summed E-state index contributed by atoms with van der Waals surface area (Å²) < 4.78 is 0. The lowest BCUT2D eigenvalue weighted by atomic mass is 10.1. The Morgan fingerprint density at radius 3 is 2.67 bits per heavy atom. The molecule has 0 saturated heterocycles. The highest BCUT2D eigenvalue weighted by atomic mass is 35.5. The van der Waals surface area contributed by atoms with Crippen molar-refractivity contribution in [2.24, 2.45) is 0 Å². The van der Waals surface area contributed by atoms with E-state index in [0.29, 0.717) is 11.2 Å². The third-order valence-corrected chi connectivity index (χ3v) is 4.13. The van der Waals surface area contributed by atoms with Crippen molar-refractivity contribution >= 4 is 29.2 Å². The Bertz CT molecular complexity index is 373. The van der Waals surface area contributed by atoms with Gasteiger partial charge in [0.2, 0.25) is 0 Å². The van der Waals surface area contributed by atoms with E-state index >= 15 is 0 Å². The topological polar surface area (TPSA) is 29.0 Å². The highest BCUT2D eigenvalue weighted by Gasteiger charge is 2.18. The summed E-state index contributed by atoms with van der Waals surface area (Å²) in [5, 5.41) is 0.590. The molecule has 1 atom stereocenters. The summed E-state index contributed by atoms with van der Waals surface area (Å²) in [7, 11) is 2.10. The molecule has 3 nitrogen and oxygen atoms in total. The second-order valence-corrected chi connectivity index (χ2v) is 5.61. The van der Waals surface area contributed by atoms with E-state index < -0.39 is 0 Å². The van der Waals surface area contributed by atoms with Gasteiger partial charge in [0.25, 0.3) is 0 Å². The van der Waals surface area contributed by atoms with Crippen molar-refractivity contribution in [3.63, 3.8) is 0 Å². The van der Waals surface area contributed by atoms with Crippen molar-refractivity contribution in [1.29, 1.82) is 0 Å². The van der Waals surface area contributed by atoms with Crippen molar-refractivity contribution in [1.82, 2.24) is 9.97 Å². The molecule has 1 heterocycles. The first-order valence-electron chi connectivity index (χ1n) is 6.36. The number of halogens is 1. The molecule has 0 aliphatic heterocycles. The maximum absolute atomic E-state index is 6.19. The summed E-state index contributed by atoms with van der Waals surface area (Å²) in [5.74, 6) is 2.08. The second kappa shape index (κ2) is 7.85. The van der Waals surface area contributed by atoms with Crippen LogP contribution in [0, 0.1) is 0 Å². The molecule has 0 radical (unpaired) electrons. The van der Waals surface area contributed by atoms with Gasteiger partial charge in [0.15, 0.2) is 0 Å². The van der Waals surface area contributed by atoms with Gasteiger partial charge in [-0.05, 0) is 19.1 Å². The molecule has 1 aromatic rings. The quantitative estimate of drug-likeness (QED) is 0.716. The highest BCUT2D eigenvalue weighted by Crippen LogP contribution is 2.26. The Morgan fingerprint density at radius 2 is 2.11 bits per heavy atom. The van der Waals surface area contributed by atoms with E-state index in [1.807, 2.05) is 11.8 Å². The van der Waals surface area contributed by atoms with Crippen molar-refractivity contribution in [2.45, 2.75) is 39.2 Å². The Kier molecular flexibility index (Phi) is 6.79. The van der Waals surface area contributed by atoms with Gasteiger partial charge in [-0.2, -0.15) is 11.8 Å². The van der Waals surface area contributed by atoms with Crippen LogP contribution in [-0.4, -0.2) is 35.1 Å². The zero-order valence-corrected chi connectivity index (χ0v) is 13.2. The van der Waals surface area contributed by atoms with E-state index in [9.17, 15) is 0 Å². The van der Waals surface area contributed by atoms with Crippen LogP contribution >= 0.6 is 23.4 Å². The maximum Gasteiger partial charge on any atom is 0.137 e. The van der Waals surface area contributed by atoms with Crippen molar-refractivity contribution in [3.8, 4) is 0 Å². The minimum atomic E-state index is 0.488. The molecule has 5 heteroatoms. The van der Waals surface area contributed by atoms with Gasteiger partial charge in [0.05, 0.1) is 0 Å². The summed E-state index contributed by atoms with van der Waals surface area (Å²) in [6.07, 6.45) is 6.77. The third-order valence-electron chi connectivity index (χ3n) is 3.08. The Labute approximate surface area is 119 Å². The van der Waals surface area contributed by atoms with Crippen molar-refractivity contribution in [3.05, 3.63) is 17.0 Å². The molecule has 1 unspecified atom stereocenters. The summed E-state index contributed by atoms with van der Waals surface area (Å²) in [6.45, 7) is 4.35. The zero-order valence-electron chi connectivity index (χ0n) is 11.6. The molecular weight excluding hydrogens is 266 g/mol. The third kappa shape index (κ3) is 3.75. The predicted octanol–water partition coefficient (Wildman–Crippen LogP) is 3.66. The van der Waals surface area contributed by atoms with Crippen LogP contribution in [0.5, 0.6) is 0 Å². The van der Waals surface area contributed by atoms with Gasteiger partial charge < -0.3 is 4.90 Å². The lowest BCUT2D eigenvalue weighted by Gasteiger charge is -2.29. The molecule has 0 aliphatic rings. The fraction of sp³-hybridized carbons (Fsp3) is 0.692. The zero-order chi connectivity index (χ0) is 13.5. The molecule has 102 valence electrons. The molecule has 0 fully saturated rings. The Hall–Kier alpha value is -0.480. The second-order valence-electron chi connectivity index (χ2n) is 4.34. The molecule has 0 N–H and O–H groups in total. The van der Waals surface area contributed by atoms with Crippen LogP contribution in [0.1, 0.15) is 32.3 Å². The summed E-state index contributed by atoms with van der Waals surface area (Å²) in [5.41, 5.74) is 1.07. The average Bonchev–Trinajstić information content (AvgIpc) is 2.37. The number of aromatic nitrogens is 2. The van der Waals surface area contributed by atoms with E-state index in [-0.39, 0.29) is 0 Å². The van der Waals surface area contributed by atoms with Gasteiger partial charge in [-0.25, -0.2) is 9.97 Å². The van der Waals surface area contributed by atoms with Gasteiger partial charge in [-0.15, -0.1) is 0 Å². The minimum absolute atomic E-state index is 0.488. The number of thioether (sulfide) groups is 1. The van der Waals surface area contributed by atoms with Crippen LogP contribution in [0.4, 0.5) is 5.82 Å². The number of nitrogens with zero attached hydrogens (tertiary/aromatic N) is 3. The van der Waals surface area contributed by atoms with Crippen LogP contribution in [0.25, 0.3) is 0 Å². The van der Waals surface area contributed by atoms with Crippen LogP contribution < -0.4 is 4.90 Å². The normalized spacial score (nSPS) is 12.5. The van der Waals surface area contributed by atoms with Gasteiger partial charge in [-0.1, -0.05) is 31.9 Å². The first kappa shape index (κ1) is 15.6. The molecule has 0 aromatic carbocycles.